The number of morpholine rings is 1. The second-order valence-corrected chi connectivity index (χ2v) is 20.5. The number of nitrogens with one attached hydrogen (secondary N) is 6. The maximum absolute atomic E-state index is 15.7. The highest BCUT2D eigenvalue weighted by Gasteiger charge is 2.45. The fourth-order valence-electron chi connectivity index (χ4n) is 11.1. The Labute approximate surface area is 442 Å². The van der Waals surface area contributed by atoms with Crippen LogP contribution in [0.1, 0.15) is 59.1 Å². The van der Waals surface area contributed by atoms with Crippen LogP contribution in [0.3, 0.4) is 0 Å². The van der Waals surface area contributed by atoms with E-state index in [4.69, 9.17) is 9.47 Å². The number of H-pyrrole nitrogens is 1. The van der Waals surface area contributed by atoms with Gasteiger partial charge in [-0.3, -0.25) is 28.8 Å². The SMILES string of the molecule is O=C1N[C@@H](Cc2ccc(OCc3ccccc3)cc2)C(=O)N2Cc3ccccc3C[C@H]2C(=O)N2CCOC[C@H]2C(=O)N[C@H](CCc2ccccc2)C(=O)N[C@H](Cc2c[nH]c3ccccc23)C(=O)N[C@H]1CC1CCNCC1. The van der Waals surface area contributed by atoms with Crippen LogP contribution in [-0.4, -0.2) is 119 Å². The molecule has 394 valence electrons. The van der Waals surface area contributed by atoms with E-state index in [9.17, 15) is 9.59 Å². The van der Waals surface area contributed by atoms with Gasteiger partial charge in [0.25, 0.3) is 0 Å². The standard InChI is InChI=1S/C60H66N8O8/c69-55-49(24-21-39-11-3-1-4-12-39)63-58(72)54-38-75-30-29-67(54)60(74)53-34-43-15-7-8-16-44(43)36-68(53)59(73)52(32-40-19-22-46(23-20-40)76-37-42-13-5-2-6-14-42)66-56(70)50(31-41-25-27-61-28-26-41)64-57(71)51(65-55)33-45-35-62-48-18-10-9-17-47(45)48/h1-20,22-23,35,41,49-54,61-62H,21,24-34,36-38H2,(H,63,72)(H,64,71)(H,65,69)(H,66,70)/t49-,50+,51-,52+,53+,54+/m1/s1. The van der Waals surface area contributed by atoms with Gasteiger partial charge in [0, 0.05) is 49.5 Å². The van der Waals surface area contributed by atoms with Gasteiger partial charge >= 0.3 is 0 Å². The van der Waals surface area contributed by atoms with Gasteiger partial charge in [0.2, 0.25) is 35.4 Å². The number of ether oxygens (including phenoxy) is 2. The Balaban J connectivity index is 1.03. The summed E-state index contributed by atoms with van der Waals surface area (Å²) in [7, 11) is 0. The number of aromatic nitrogens is 1. The molecule has 3 saturated heterocycles. The van der Waals surface area contributed by atoms with Crippen molar-refractivity contribution >= 4 is 46.3 Å². The molecule has 0 bridgehead atoms. The zero-order valence-corrected chi connectivity index (χ0v) is 42.6. The van der Waals surface area contributed by atoms with Crippen molar-refractivity contribution in [3.63, 3.8) is 0 Å². The first-order valence-corrected chi connectivity index (χ1v) is 26.7. The lowest BCUT2D eigenvalue weighted by atomic mass is 9.89. The summed E-state index contributed by atoms with van der Waals surface area (Å²) >= 11 is 0. The number of aromatic amines is 1. The molecular weight excluding hydrogens is 961 g/mol. The van der Waals surface area contributed by atoms with Crippen molar-refractivity contribution < 1.29 is 38.2 Å². The van der Waals surface area contributed by atoms with E-state index in [1.165, 1.54) is 9.80 Å². The smallest absolute Gasteiger partial charge is 0.246 e. The number of piperidine rings is 1. The molecule has 0 unspecified atom stereocenters. The van der Waals surface area contributed by atoms with Gasteiger partial charge in [-0.2, -0.15) is 0 Å². The molecule has 4 aliphatic rings. The molecule has 6 amide bonds. The number of carbonyl (C=O) groups excluding carboxylic acids is 6. The number of carbonyl (C=O) groups is 6. The second kappa shape index (κ2) is 24.2. The minimum atomic E-state index is -1.21. The molecule has 6 aromatic rings. The van der Waals surface area contributed by atoms with E-state index in [1.807, 2.05) is 140 Å². The van der Waals surface area contributed by atoms with Crippen molar-refractivity contribution in [2.24, 2.45) is 5.92 Å². The van der Waals surface area contributed by atoms with Gasteiger partial charge in [-0.15, -0.1) is 0 Å². The number of hydrogen-bond acceptors (Lipinski definition) is 9. The number of benzene rings is 5. The van der Waals surface area contributed by atoms with Gasteiger partial charge in [-0.05, 0) is 103 Å². The molecule has 76 heavy (non-hydrogen) atoms. The van der Waals surface area contributed by atoms with Crippen LogP contribution in [0, 0.1) is 5.92 Å². The molecule has 5 aromatic carbocycles. The van der Waals surface area contributed by atoms with Crippen LogP contribution in [0.25, 0.3) is 10.9 Å². The third kappa shape index (κ3) is 12.5. The third-order valence-electron chi connectivity index (χ3n) is 15.3. The van der Waals surface area contributed by atoms with E-state index in [1.54, 1.807) is 0 Å². The molecule has 16 heteroatoms. The molecule has 16 nitrogen and oxygen atoms in total. The molecule has 1 aromatic heterocycles. The molecule has 0 aliphatic carbocycles. The van der Waals surface area contributed by atoms with Crippen LogP contribution in [0.5, 0.6) is 5.75 Å². The Hall–Kier alpha value is -7.82. The van der Waals surface area contributed by atoms with Crippen molar-refractivity contribution in [1.82, 2.24) is 41.4 Å². The lowest BCUT2D eigenvalue weighted by molar-refractivity contribution is -0.157. The topological polar surface area (TPSA) is 203 Å². The van der Waals surface area contributed by atoms with Crippen molar-refractivity contribution in [3.8, 4) is 5.75 Å². The number of fused-ring (bicyclic) bond motifs is 4. The number of rotatable bonds is 12. The van der Waals surface area contributed by atoms with E-state index in [2.05, 4.69) is 31.6 Å². The first-order valence-electron chi connectivity index (χ1n) is 26.7. The van der Waals surface area contributed by atoms with Crippen LogP contribution in [0.2, 0.25) is 0 Å². The molecule has 0 saturated carbocycles. The average Bonchev–Trinajstić information content (AvgIpc) is 3.89. The Morgan fingerprint density at radius 3 is 1.99 bits per heavy atom. The van der Waals surface area contributed by atoms with E-state index < -0.39 is 71.7 Å². The van der Waals surface area contributed by atoms with Crippen LogP contribution in [0.4, 0.5) is 0 Å². The Morgan fingerprint density at radius 1 is 0.566 bits per heavy atom. The second-order valence-electron chi connectivity index (χ2n) is 20.5. The lowest BCUT2D eigenvalue weighted by Gasteiger charge is -2.43. The monoisotopic (exact) mass is 1030 g/mol. The highest BCUT2D eigenvalue weighted by molar-refractivity contribution is 5.99. The summed E-state index contributed by atoms with van der Waals surface area (Å²) in [6.45, 7) is 1.97. The average molecular weight is 1030 g/mol. The van der Waals surface area contributed by atoms with Crippen LogP contribution >= 0.6 is 0 Å². The Morgan fingerprint density at radius 2 is 1.21 bits per heavy atom. The van der Waals surface area contributed by atoms with Crippen LogP contribution < -0.4 is 31.3 Å². The van der Waals surface area contributed by atoms with E-state index >= 15 is 19.2 Å². The summed E-state index contributed by atoms with van der Waals surface area (Å²) in [5, 5.41) is 16.4. The number of para-hydroxylation sites is 1. The van der Waals surface area contributed by atoms with Crippen molar-refractivity contribution in [1.29, 1.82) is 0 Å². The summed E-state index contributed by atoms with van der Waals surface area (Å²) in [4.78, 5) is 97.4. The van der Waals surface area contributed by atoms with E-state index in [-0.39, 0.29) is 64.3 Å². The lowest BCUT2D eigenvalue weighted by Crippen LogP contribution is -2.65. The minimum absolute atomic E-state index is 0.0445. The summed E-state index contributed by atoms with van der Waals surface area (Å²) in [6.07, 6.45) is 4.43. The predicted molar refractivity (Wildman–Crippen MR) is 286 cm³/mol. The number of aryl methyl sites for hydroxylation is 1. The minimum Gasteiger partial charge on any atom is -0.489 e. The number of amides is 6. The first-order chi connectivity index (χ1) is 37.1. The van der Waals surface area contributed by atoms with E-state index in [0.29, 0.717) is 18.8 Å². The molecule has 10 rings (SSSR count). The maximum atomic E-state index is 15.7. The summed E-state index contributed by atoms with van der Waals surface area (Å²) in [5.41, 5.74) is 6.02. The van der Waals surface area contributed by atoms with Crippen molar-refractivity contribution in [3.05, 3.63) is 173 Å². The zero-order valence-electron chi connectivity index (χ0n) is 42.6. The van der Waals surface area contributed by atoms with Crippen LogP contribution in [-0.2, 0) is 72.3 Å². The highest BCUT2D eigenvalue weighted by atomic mass is 16.5. The molecule has 3 fully saturated rings. The molecule has 0 radical (unpaired) electrons. The molecule has 5 heterocycles. The number of nitrogens with zero attached hydrogens (tertiary/aromatic N) is 2. The summed E-state index contributed by atoms with van der Waals surface area (Å²) in [5.74, 6) is -2.62. The Bertz CT molecular complexity index is 3000. The maximum Gasteiger partial charge on any atom is 0.246 e. The van der Waals surface area contributed by atoms with Crippen LogP contribution in [0.15, 0.2) is 140 Å². The Kier molecular flexibility index (Phi) is 16.5. The zero-order chi connectivity index (χ0) is 52.4. The fourth-order valence-corrected chi connectivity index (χ4v) is 11.1. The predicted octanol–water partition coefficient (Wildman–Crippen LogP) is 4.69. The van der Waals surface area contributed by atoms with Gasteiger partial charge in [-0.1, -0.05) is 115 Å². The largest absolute Gasteiger partial charge is 0.489 e. The highest BCUT2D eigenvalue weighted by Crippen LogP contribution is 2.29. The van der Waals surface area contributed by atoms with Crippen molar-refractivity contribution in [2.75, 3.05) is 32.8 Å². The molecule has 6 atom stereocenters. The summed E-state index contributed by atoms with van der Waals surface area (Å²) < 4.78 is 12.0. The molecule has 0 spiro atoms. The first kappa shape index (κ1) is 51.7. The number of hydrogen-bond donors (Lipinski definition) is 6. The molecule has 4 aliphatic heterocycles. The quantitative estimate of drug-likeness (QED) is 0.101. The normalized spacial score (nSPS) is 23.2. The van der Waals surface area contributed by atoms with E-state index in [0.717, 1.165) is 70.2 Å². The molecular formula is C60H66N8O8. The fraction of sp³-hybridized carbons (Fsp3) is 0.367. The van der Waals surface area contributed by atoms with Crippen molar-refractivity contribution in [2.45, 2.75) is 101 Å². The van der Waals surface area contributed by atoms with Gasteiger partial charge in [-0.25, -0.2) is 0 Å². The third-order valence-corrected chi connectivity index (χ3v) is 15.3. The van der Waals surface area contributed by atoms with Gasteiger partial charge in [0.15, 0.2) is 0 Å². The molecule has 6 N–H and O–H groups in total. The van der Waals surface area contributed by atoms with Gasteiger partial charge in [0.1, 0.15) is 48.6 Å². The van der Waals surface area contributed by atoms with Gasteiger partial charge in [0.05, 0.1) is 13.2 Å². The van der Waals surface area contributed by atoms with Gasteiger partial charge < -0.3 is 50.8 Å². The summed E-state index contributed by atoms with van der Waals surface area (Å²) in [6, 6.07) is 35.2.